The van der Waals surface area contributed by atoms with E-state index in [2.05, 4.69) is 5.32 Å². The summed E-state index contributed by atoms with van der Waals surface area (Å²) >= 11 is 0. The van der Waals surface area contributed by atoms with Gasteiger partial charge in [0.2, 0.25) is 0 Å². The maximum Gasteiger partial charge on any atom is 0.0874 e. The summed E-state index contributed by atoms with van der Waals surface area (Å²) < 4.78 is 0. The second-order valence-corrected chi connectivity index (χ2v) is 3.91. The molecule has 0 atom stereocenters. The van der Waals surface area contributed by atoms with E-state index in [4.69, 9.17) is 0 Å². The summed E-state index contributed by atoms with van der Waals surface area (Å²) in [6.07, 6.45) is -0.417. The first-order valence-corrected chi connectivity index (χ1v) is 5.71. The molecule has 0 aliphatic carbocycles. The van der Waals surface area contributed by atoms with Crippen LogP contribution in [0.3, 0.4) is 0 Å². The molecule has 0 bridgehead atoms. The second-order valence-electron chi connectivity index (χ2n) is 3.91. The smallest absolute Gasteiger partial charge is 0.0874 e. The molecule has 0 saturated carbocycles. The predicted octanol–water partition coefficient (Wildman–Crippen LogP) is 4.26. The van der Waals surface area contributed by atoms with Crippen LogP contribution in [-0.4, -0.2) is 6.10 Å². The van der Waals surface area contributed by atoms with Crippen LogP contribution in [-0.2, 0) is 5.11 Å². The molecule has 0 spiro atoms. The Morgan fingerprint density at radius 1 is 0.765 bits per heavy atom. The first kappa shape index (κ1) is 13.3. The van der Waals surface area contributed by atoms with Crippen LogP contribution in [0.5, 0.6) is 0 Å². The lowest BCUT2D eigenvalue weighted by molar-refractivity contribution is 0.122. The Morgan fingerprint density at radius 3 is 1.35 bits per heavy atom. The number of nitrogens with one attached hydrogen (secondary N) is 1. The van der Waals surface area contributed by atoms with E-state index in [1.807, 2.05) is 60.7 Å². The summed E-state index contributed by atoms with van der Waals surface area (Å²) in [5.41, 5.74) is 2.24. The molecule has 2 heteroatoms. The van der Waals surface area contributed by atoms with Crippen LogP contribution in [0.25, 0.3) is 0 Å². The normalized spacial score (nSPS) is 9.41. The molecular weight excluding hydrogens is 210 g/mol. The third-order valence-electron chi connectivity index (χ3n) is 1.84. The van der Waals surface area contributed by atoms with Gasteiger partial charge in [0.05, 0.1) is 6.10 Å². The summed E-state index contributed by atoms with van der Waals surface area (Å²) in [6.45, 7) is 3.22. The van der Waals surface area contributed by atoms with E-state index < -0.39 is 6.10 Å². The zero-order valence-corrected chi connectivity index (χ0v) is 10.3. The lowest BCUT2D eigenvalue weighted by atomic mass is 10.3. The Hall–Kier alpha value is -1.80. The van der Waals surface area contributed by atoms with Gasteiger partial charge in [0, 0.05) is 11.4 Å². The van der Waals surface area contributed by atoms with Crippen LogP contribution >= 0.6 is 0 Å². The highest BCUT2D eigenvalue weighted by atomic mass is 16.3. The maximum absolute atomic E-state index is 9.53. The minimum atomic E-state index is -0.417. The van der Waals surface area contributed by atoms with Crippen LogP contribution in [0.1, 0.15) is 13.8 Å². The number of para-hydroxylation sites is 2. The van der Waals surface area contributed by atoms with Crippen molar-refractivity contribution in [2.75, 3.05) is 5.32 Å². The predicted molar refractivity (Wildman–Crippen MR) is 72.0 cm³/mol. The molecule has 2 aromatic carbocycles. The van der Waals surface area contributed by atoms with Gasteiger partial charge in [-0.2, -0.15) is 0 Å². The van der Waals surface area contributed by atoms with Crippen molar-refractivity contribution in [1.82, 2.24) is 0 Å². The summed E-state index contributed by atoms with van der Waals surface area (Å²) in [7, 11) is 0. The van der Waals surface area contributed by atoms with E-state index in [0.717, 1.165) is 11.4 Å². The Bertz CT molecular complexity index is 358. The molecule has 2 rings (SSSR count). The molecule has 0 aromatic heterocycles. The van der Waals surface area contributed by atoms with Gasteiger partial charge >= 0.3 is 0 Å². The molecule has 0 unspecified atom stereocenters. The Morgan fingerprint density at radius 2 is 1.06 bits per heavy atom. The second kappa shape index (κ2) is 7.47. The van der Waals surface area contributed by atoms with Gasteiger partial charge in [-0.05, 0) is 38.1 Å². The van der Waals surface area contributed by atoms with E-state index >= 15 is 0 Å². The SMILES string of the molecule is CC(C)[O].c1ccc(Nc2ccccc2)cc1. The molecule has 17 heavy (non-hydrogen) atoms. The fourth-order valence-corrected chi connectivity index (χ4v) is 1.21. The molecular formula is C15H18NO. The Kier molecular flexibility index (Phi) is 5.83. The number of hydrogen-bond donors (Lipinski definition) is 1. The lowest BCUT2D eigenvalue weighted by Gasteiger charge is -2.04. The van der Waals surface area contributed by atoms with Crippen LogP contribution < -0.4 is 5.32 Å². The van der Waals surface area contributed by atoms with Gasteiger partial charge in [0.25, 0.3) is 0 Å². The standard InChI is InChI=1S/C12H11N.C3H7O/c1-3-7-11(8-4-1)13-12-9-5-2-6-10-12;1-3(2)4/h1-10,13H;3H,1-2H3. The number of anilines is 2. The average Bonchev–Trinajstić information content (AvgIpc) is 2.31. The quantitative estimate of drug-likeness (QED) is 0.818. The van der Waals surface area contributed by atoms with Gasteiger partial charge in [-0.15, -0.1) is 0 Å². The highest BCUT2D eigenvalue weighted by Gasteiger charge is 1.89. The molecule has 0 aliphatic rings. The van der Waals surface area contributed by atoms with Crippen molar-refractivity contribution >= 4 is 11.4 Å². The van der Waals surface area contributed by atoms with Gasteiger partial charge in [0.15, 0.2) is 0 Å². The molecule has 0 amide bonds. The van der Waals surface area contributed by atoms with Crippen molar-refractivity contribution in [3.8, 4) is 0 Å². The van der Waals surface area contributed by atoms with Gasteiger partial charge in [0.1, 0.15) is 0 Å². The van der Waals surface area contributed by atoms with Crippen LogP contribution in [0.2, 0.25) is 0 Å². The highest BCUT2D eigenvalue weighted by molar-refractivity contribution is 5.58. The lowest BCUT2D eigenvalue weighted by Crippen LogP contribution is -1.87. The monoisotopic (exact) mass is 228 g/mol. The Balaban J connectivity index is 0.000000317. The molecule has 0 heterocycles. The largest absolute Gasteiger partial charge is 0.356 e. The molecule has 2 nitrogen and oxygen atoms in total. The van der Waals surface area contributed by atoms with Crippen molar-refractivity contribution in [3.05, 3.63) is 60.7 Å². The molecule has 0 fully saturated rings. The molecule has 2 aromatic rings. The fraction of sp³-hybridized carbons (Fsp3) is 0.200. The van der Waals surface area contributed by atoms with Crippen LogP contribution in [0.15, 0.2) is 60.7 Å². The van der Waals surface area contributed by atoms with E-state index in [-0.39, 0.29) is 0 Å². The van der Waals surface area contributed by atoms with Gasteiger partial charge in [-0.1, -0.05) is 36.4 Å². The van der Waals surface area contributed by atoms with Crippen molar-refractivity contribution in [1.29, 1.82) is 0 Å². The van der Waals surface area contributed by atoms with E-state index in [1.165, 1.54) is 0 Å². The van der Waals surface area contributed by atoms with E-state index in [9.17, 15) is 5.11 Å². The average molecular weight is 228 g/mol. The third-order valence-corrected chi connectivity index (χ3v) is 1.84. The minimum absolute atomic E-state index is 0.417. The molecule has 0 aliphatic heterocycles. The first-order chi connectivity index (χ1) is 8.18. The first-order valence-electron chi connectivity index (χ1n) is 5.71. The van der Waals surface area contributed by atoms with Gasteiger partial charge in [-0.25, -0.2) is 5.11 Å². The summed E-state index contributed by atoms with van der Waals surface area (Å²) in [6, 6.07) is 20.3. The van der Waals surface area contributed by atoms with Gasteiger partial charge in [-0.3, -0.25) is 0 Å². The van der Waals surface area contributed by atoms with Crippen LogP contribution in [0, 0.1) is 0 Å². The number of benzene rings is 2. The number of hydrogen-bond acceptors (Lipinski definition) is 1. The summed E-state index contributed by atoms with van der Waals surface area (Å²) in [4.78, 5) is 0. The summed E-state index contributed by atoms with van der Waals surface area (Å²) in [5.74, 6) is 0. The van der Waals surface area contributed by atoms with Gasteiger partial charge < -0.3 is 5.32 Å². The molecule has 1 N–H and O–H groups in total. The zero-order chi connectivity index (χ0) is 12.5. The fourth-order valence-electron chi connectivity index (χ4n) is 1.21. The zero-order valence-electron chi connectivity index (χ0n) is 10.3. The minimum Gasteiger partial charge on any atom is -0.356 e. The van der Waals surface area contributed by atoms with E-state index in [1.54, 1.807) is 13.8 Å². The maximum atomic E-state index is 9.53. The molecule has 0 saturated heterocycles. The Labute approximate surface area is 103 Å². The van der Waals surface area contributed by atoms with E-state index in [0.29, 0.717) is 0 Å². The van der Waals surface area contributed by atoms with Crippen molar-refractivity contribution in [2.24, 2.45) is 0 Å². The topological polar surface area (TPSA) is 31.9 Å². The van der Waals surface area contributed by atoms with Crippen LogP contribution in [0.4, 0.5) is 11.4 Å². The summed E-state index contributed by atoms with van der Waals surface area (Å²) in [5, 5.41) is 12.8. The molecule has 1 radical (unpaired) electrons. The number of rotatable bonds is 2. The third kappa shape index (κ3) is 6.38. The highest BCUT2D eigenvalue weighted by Crippen LogP contribution is 2.14. The molecule has 89 valence electrons. The van der Waals surface area contributed by atoms with Crippen molar-refractivity contribution < 1.29 is 5.11 Å². The van der Waals surface area contributed by atoms with Crippen molar-refractivity contribution in [3.63, 3.8) is 0 Å². The van der Waals surface area contributed by atoms with Crippen molar-refractivity contribution in [2.45, 2.75) is 20.0 Å².